The molecule has 7 heteroatoms. The molecule has 0 aliphatic carbocycles. The maximum absolute atomic E-state index is 5.75. The van der Waals surface area contributed by atoms with Crippen molar-refractivity contribution in [2.24, 2.45) is 0 Å². The van der Waals surface area contributed by atoms with Gasteiger partial charge in [0.15, 0.2) is 17.3 Å². The zero-order valence-electron chi connectivity index (χ0n) is 17.0. The summed E-state index contributed by atoms with van der Waals surface area (Å²) in [6.45, 7) is 1.13. The van der Waals surface area contributed by atoms with Crippen LogP contribution in [0.3, 0.4) is 0 Å². The monoisotopic (exact) mass is 422 g/mol. The number of benzene rings is 3. The Balaban J connectivity index is 1.42. The van der Waals surface area contributed by atoms with Crippen LogP contribution in [0.4, 0.5) is 5.95 Å². The molecule has 0 radical (unpaired) electrons. The summed E-state index contributed by atoms with van der Waals surface area (Å²) in [7, 11) is 0. The van der Waals surface area contributed by atoms with Crippen molar-refractivity contribution in [2.45, 2.75) is 0 Å². The summed E-state index contributed by atoms with van der Waals surface area (Å²) >= 11 is 0. The molecule has 3 aromatic carbocycles. The maximum atomic E-state index is 5.75. The molecule has 0 spiro atoms. The average Bonchev–Trinajstić information content (AvgIpc) is 3.27. The Morgan fingerprint density at radius 3 is 2.47 bits per heavy atom. The first-order valence-corrected chi connectivity index (χ1v) is 10.2. The Bertz CT molecular complexity index is 1460. The number of hydrogen-bond acceptors (Lipinski definition) is 7. The van der Waals surface area contributed by atoms with Crippen LogP contribution in [-0.2, 0) is 0 Å². The summed E-state index contributed by atoms with van der Waals surface area (Å²) in [5.74, 6) is 2.47. The molecule has 0 bridgehead atoms. The minimum absolute atomic E-state index is 0.236. The predicted molar refractivity (Wildman–Crippen MR) is 121 cm³/mol. The zero-order chi connectivity index (χ0) is 21.5. The summed E-state index contributed by atoms with van der Waals surface area (Å²) in [6.07, 6.45) is 1.65. The van der Waals surface area contributed by atoms with Gasteiger partial charge in [-0.15, -0.1) is 0 Å². The molecule has 2 aromatic heterocycles. The molecule has 0 amide bonds. The van der Waals surface area contributed by atoms with Crippen LogP contribution in [0.2, 0.25) is 0 Å². The van der Waals surface area contributed by atoms with Crippen LogP contribution in [0, 0.1) is 0 Å². The van der Waals surface area contributed by atoms with E-state index in [-0.39, 0.29) is 5.95 Å². The van der Waals surface area contributed by atoms with Gasteiger partial charge in [0.05, 0.1) is 11.1 Å². The number of aromatic nitrogens is 3. The van der Waals surface area contributed by atoms with E-state index in [2.05, 4.69) is 27.3 Å². The van der Waals surface area contributed by atoms with Gasteiger partial charge in [-0.25, -0.2) is 9.97 Å². The number of hydrogen-bond donors (Lipinski definition) is 1. The highest BCUT2D eigenvalue weighted by Gasteiger charge is 2.15. The second kappa shape index (κ2) is 7.39. The Morgan fingerprint density at radius 2 is 1.56 bits per heavy atom. The lowest BCUT2D eigenvalue weighted by atomic mass is 9.99. The highest BCUT2D eigenvalue weighted by molar-refractivity contribution is 5.95. The number of fused-ring (bicyclic) bond motifs is 2. The van der Waals surface area contributed by atoms with Crippen molar-refractivity contribution in [2.75, 3.05) is 18.9 Å². The quantitative estimate of drug-likeness (QED) is 0.438. The summed E-state index contributed by atoms with van der Waals surface area (Å²) in [4.78, 5) is 8.29. The van der Waals surface area contributed by atoms with Crippen molar-refractivity contribution < 1.29 is 14.0 Å². The van der Waals surface area contributed by atoms with E-state index in [4.69, 9.17) is 19.7 Å². The van der Waals surface area contributed by atoms with E-state index in [0.717, 1.165) is 50.3 Å². The fourth-order valence-electron chi connectivity index (χ4n) is 3.91. The largest absolute Gasteiger partial charge is 0.486 e. The van der Waals surface area contributed by atoms with Crippen molar-refractivity contribution in [1.29, 1.82) is 0 Å². The highest BCUT2D eigenvalue weighted by Crippen LogP contribution is 2.37. The van der Waals surface area contributed by atoms with E-state index in [0.29, 0.717) is 19.0 Å². The zero-order valence-corrected chi connectivity index (χ0v) is 17.0. The van der Waals surface area contributed by atoms with Gasteiger partial charge in [0.2, 0.25) is 5.95 Å². The highest BCUT2D eigenvalue weighted by atomic mass is 16.6. The summed E-state index contributed by atoms with van der Waals surface area (Å²) in [5, 5.41) is 5.14. The summed E-state index contributed by atoms with van der Waals surface area (Å²) in [5.41, 5.74) is 11.2. The Hall–Kier alpha value is -4.39. The fraction of sp³-hybridized carbons (Fsp3) is 0.0800. The molecule has 7 nitrogen and oxygen atoms in total. The molecule has 32 heavy (non-hydrogen) atoms. The van der Waals surface area contributed by atoms with E-state index in [1.165, 1.54) is 0 Å². The topological polar surface area (TPSA) is 96.3 Å². The lowest BCUT2D eigenvalue weighted by Crippen LogP contribution is -2.15. The van der Waals surface area contributed by atoms with Crippen LogP contribution >= 0.6 is 0 Å². The Labute approximate surface area is 183 Å². The number of nitrogen functional groups attached to an aromatic ring is 1. The van der Waals surface area contributed by atoms with Crippen LogP contribution in [0.1, 0.15) is 0 Å². The summed E-state index contributed by atoms with van der Waals surface area (Å²) < 4.78 is 17.1. The van der Waals surface area contributed by atoms with Gasteiger partial charge in [-0.3, -0.25) is 0 Å². The van der Waals surface area contributed by atoms with Crippen LogP contribution in [0.5, 0.6) is 11.5 Å². The first-order chi connectivity index (χ1) is 15.7. The smallest absolute Gasteiger partial charge is 0.220 e. The minimum Gasteiger partial charge on any atom is -0.486 e. The van der Waals surface area contributed by atoms with Gasteiger partial charge in [-0.2, -0.15) is 0 Å². The van der Waals surface area contributed by atoms with Gasteiger partial charge < -0.3 is 19.7 Å². The minimum atomic E-state index is 0.236. The molecule has 0 atom stereocenters. The lowest BCUT2D eigenvalue weighted by molar-refractivity contribution is 0.171. The average molecular weight is 422 g/mol. The standard InChI is InChI=1S/C25H18N4O3/c26-25-27-9-8-20(28-25)17-4-6-21-19(13-17)24(32-29-21)18-3-1-2-15(12-18)16-5-7-22-23(14-16)31-11-10-30-22/h1-9,12-14H,10-11H2,(H2,26,27,28). The molecule has 6 rings (SSSR count). The molecular formula is C25H18N4O3. The van der Waals surface area contributed by atoms with Crippen LogP contribution in [0.15, 0.2) is 77.4 Å². The molecule has 5 aromatic rings. The Kier molecular flexibility index (Phi) is 4.24. The molecule has 1 aliphatic rings. The number of nitrogens with zero attached hydrogens (tertiary/aromatic N) is 3. The van der Waals surface area contributed by atoms with Gasteiger partial charge in [0.25, 0.3) is 0 Å². The second-order valence-corrected chi connectivity index (χ2v) is 7.48. The van der Waals surface area contributed by atoms with Gasteiger partial charge in [0.1, 0.15) is 18.7 Å². The third kappa shape index (κ3) is 3.20. The Morgan fingerprint density at radius 1 is 0.750 bits per heavy atom. The predicted octanol–water partition coefficient (Wildman–Crippen LogP) is 4.97. The lowest BCUT2D eigenvalue weighted by Gasteiger charge is -2.19. The van der Waals surface area contributed by atoms with Crippen LogP contribution in [-0.4, -0.2) is 28.3 Å². The first kappa shape index (κ1) is 18.4. The first-order valence-electron chi connectivity index (χ1n) is 10.2. The molecule has 0 fully saturated rings. The van der Waals surface area contributed by atoms with Gasteiger partial charge in [0, 0.05) is 17.3 Å². The van der Waals surface area contributed by atoms with Crippen molar-refractivity contribution in [3.63, 3.8) is 0 Å². The summed E-state index contributed by atoms with van der Waals surface area (Å²) in [6, 6.07) is 21.8. The molecule has 2 N–H and O–H groups in total. The normalized spacial score (nSPS) is 12.8. The van der Waals surface area contributed by atoms with E-state index in [9.17, 15) is 0 Å². The fourth-order valence-corrected chi connectivity index (χ4v) is 3.91. The SMILES string of the molecule is Nc1nccc(-c2ccc3noc(-c4cccc(-c5ccc6c(c5)OCCO6)c4)c3c2)n1. The van der Waals surface area contributed by atoms with E-state index in [1.54, 1.807) is 6.20 Å². The molecule has 156 valence electrons. The number of ether oxygens (including phenoxy) is 2. The van der Waals surface area contributed by atoms with Crippen LogP contribution < -0.4 is 15.2 Å². The maximum Gasteiger partial charge on any atom is 0.220 e. The number of nitrogens with two attached hydrogens (primary N) is 1. The van der Waals surface area contributed by atoms with E-state index < -0.39 is 0 Å². The number of rotatable bonds is 3. The molecule has 0 saturated heterocycles. The molecule has 0 unspecified atom stereocenters. The van der Waals surface area contributed by atoms with Gasteiger partial charge in [-0.1, -0.05) is 35.5 Å². The molecule has 1 aliphatic heterocycles. The number of anilines is 1. The van der Waals surface area contributed by atoms with E-state index in [1.807, 2.05) is 54.6 Å². The van der Waals surface area contributed by atoms with Gasteiger partial charge >= 0.3 is 0 Å². The van der Waals surface area contributed by atoms with Crippen LogP contribution in [0.25, 0.3) is 44.6 Å². The van der Waals surface area contributed by atoms with E-state index >= 15 is 0 Å². The third-order valence-corrected chi connectivity index (χ3v) is 5.45. The molecule has 3 heterocycles. The van der Waals surface area contributed by atoms with Crippen molar-refractivity contribution in [3.8, 4) is 45.2 Å². The van der Waals surface area contributed by atoms with Crippen molar-refractivity contribution >= 4 is 16.9 Å². The van der Waals surface area contributed by atoms with Crippen molar-refractivity contribution in [3.05, 3.63) is 72.9 Å². The van der Waals surface area contributed by atoms with Gasteiger partial charge in [-0.05, 0) is 47.5 Å². The second-order valence-electron chi connectivity index (χ2n) is 7.48. The molecule has 0 saturated carbocycles. The van der Waals surface area contributed by atoms with Crippen molar-refractivity contribution in [1.82, 2.24) is 15.1 Å². The molecular weight excluding hydrogens is 404 g/mol. The third-order valence-electron chi connectivity index (χ3n) is 5.45.